The van der Waals surface area contributed by atoms with Gasteiger partial charge < -0.3 is 19.3 Å². The molecule has 3 aromatic heterocycles. The van der Waals surface area contributed by atoms with Crippen LogP contribution in [0.15, 0.2) is 42.7 Å². The number of fused-ring (bicyclic) bond motifs is 1. The average Bonchev–Trinajstić information content (AvgIpc) is 3.57. The molecule has 2 aliphatic heterocycles. The van der Waals surface area contributed by atoms with Crippen molar-refractivity contribution < 1.29 is 9.47 Å². The van der Waals surface area contributed by atoms with Crippen molar-refractivity contribution in [3.8, 4) is 17.1 Å². The van der Waals surface area contributed by atoms with Gasteiger partial charge in [0.25, 0.3) is 0 Å². The molecule has 0 unspecified atom stereocenters. The second-order valence-corrected chi connectivity index (χ2v) is 11.4. The number of halogens is 2. The number of nitrogens with one attached hydrogen (secondary N) is 1. The highest BCUT2D eigenvalue weighted by molar-refractivity contribution is 6.35. The molecule has 4 aromatic rings. The summed E-state index contributed by atoms with van der Waals surface area (Å²) in [5, 5.41) is 18.4. The van der Waals surface area contributed by atoms with E-state index in [1.165, 1.54) is 25.9 Å². The fraction of sp³-hybridized carbons (Fsp3) is 0.429. The van der Waals surface area contributed by atoms with Crippen LogP contribution in [0.1, 0.15) is 38.4 Å². The van der Waals surface area contributed by atoms with E-state index in [-0.39, 0.29) is 11.7 Å². The largest absolute Gasteiger partial charge is 0.486 e. The van der Waals surface area contributed by atoms with Gasteiger partial charge in [0.15, 0.2) is 5.82 Å². The van der Waals surface area contributed by atoms with E-state index in [9.17, 15) is 0 Å². The number of H-pyrrole nitrogens is 1. The summed E-state index contributed by atoms with van der Waals surface area (Å²) in [6.45, 7) is 9.85. The van der Waals surface area contributed by atoms with Gasteiger partial charge in [-0.25, -0.2) is 0 Å². The van der Waals surface area contributed by atoms with Crippen molar-refractivity contribution in [3.05, 3.63) is 58.3 Å². The monoisotopic (exact) mass is 567 g/mol. The Labute approximate surface area is 237 Å². The van der Waals surface area contributed by atoms with Gasteiger partial charge in [-0.1, -0.05) is 23.2 Å². The highest BCUT2D eigenvalue weighted by atomic mass is 35.5. The van der Waals surface area contributed by atoms with E-state index in [0.717, 1.165) is 43.0 Å². The van der Waals surface area contributed by atoms with Crippen molar-refractivity contribution in [3.63, 3.8) is 0 Å². The Balaban J connectivity index is 1.11. The second-order valence-electron chi connectivity index (χ2n) is 10.5. The van der Waals surface area contributed by atoms with Gasteiger partial charge in [-0.3, -0.25) is 10.1 Å². The molecule has 0 amide bonds. The maximum Gasteiger partial charge on any atom is 0.151 e. The van der Waals surface area contributed by atoms with E-state index < -0.39 is 0 Å². The summed E-state index contributed by atoms with van der Waals surface area (Å²) in [5.74, 6) is 1.50. The van der Waals surface area contributed by atoms with Crippen LogP contribution in [0, 0.1) is 0 Å². The normalized spacial score (nSPS) is 17.9. The first-order valence-corrected chi connectivity index (χ1v) is 14.0. The van der Waals surface area contributed by atoms with Gasteiger partial charge in [-0.15, -0.1) is 10.2 Å². The summed E-state index contributed by atoms with van der Waals surface area (Å²) in [4.78, 5) is 8.69. The molecule has 0 radical (unpaired) electrons. The van der Waals surface area contributed by atoms with E-state index in [1.807, 2.05) is 37.3 Å². The van der Waals surface area contributed by atoms with Crippen molar-refractivity contribution in [2.75, 3.05) is 44.2 Å². The lowest BCUT2D eigenvalue weighted by Crippen LogP contribution is -2.62. The van der Waals surface area contributed by atoms with Crippen molar-refractivity contribution in [2.45, 2.75) is 38.4 Å². The number of hydrogen-bond acceptors (Lipinski definition) is 8. The van der Waals surface area contributed by atoms with E-state index in [2.05, 4.69) is 42.1 Å². The van der Waals surface area contributed by atoms with Gasteiger partial charge in [0.2, 0.25) is 0 Å². The van der Waals surface area contributed by atoms with Crippen molar-refractivity contribution in [1.29, 1.82) is 0 Å². The summed E-state index contributed by atoms with van der Waals surface area (Å²) in [6.07, 6.45) is 5.36. The fourth-order valence-corrected chi connectivity index (χ4v) is 6.07. The van der Waals surface area contributed by atoms with Gasteiger partial charge in [0, 0.05) is 29.9 Å². The summed E-state index contributed by atoms with van der Waals surface area (Å²) < 4.78 is 12.4. The van der Waals surface area contributed by atoms with Crippen molar-refractivity contribution >= 4 is 39.9 Å². The predicted octanol–water partition coefficient (Wildman–Crippen LogP) is 5.55. The number of aromatic nitrogens is 5. The van der Waals surface area contributed by atoms with Crippen LogP contribution in [-0.4, -0.2) is 75.2 Å². The number of nitrogens with zero attached hydrogens (tertiary/aromatic N) is 6. The van der Waals surface area contributed by atoms with Crippen LogP contribution in [0.25, 0.3) is 22.3 Å². The number of pyridine rings is 1. The first-order chi connectivity index (χ1) is 18.9. The third kappa shape index (κ3) is 5.54. The van der Waals surface area contributed by atoms with E-state index in [4.69, 9.17) is 32.7 Å². The molecule has 1 atom stereocenters. The second kappa shape index (κ2) is 10.9. The molecule has 0 aliphatic carbocycles. The molecule has 2 saturated heterocycles. The molecule has 11 heteroatoms. The maximum atomic E-state index is 6.32. The maximum absolute atomic E-state index is 6.32. The average molecular weight is 569 g/mol. The molecule has 9 nitrogen and oxygen atoms in total. The van der Waals surface area contributed by atoms with Gasteiger partial charge in [0.1, 0.15) is 28.8 Å². The Morgan fingerprint density at radius 2 is 1.82 bits per heavy atom. The molecule has 0 saturated carbocycles. The summed E-state index contributed by atoms with van der Waals surface area (Å²) >= 11 is 12.6. The van der Waals surface area contributed by atoms with Gasteiger partial charge in [0.05, 0.1) is 35.3 Å². The van der Waals surface area contributed by atoms with Gasteiger partial charge >= 0.3 is 0 Å². The molecule has 39 heavy (non-hydrogen) atoms. The minimum Gasteiger partial charge on any atom is -0.486 e. The number of aromatic amines is 1. The third-order valence-corrected chi connectivity index (χ3v) is 8.07. The molecule has 1 N–H and O–H groups in total. The minimum absolute atomic E-state index is 0.142. The number of likely N-dealkylation sites (tertiary alicyclic amines) is 1. The third-order valence-electron chi connectivity index (χ3n) is 7.47. The molecule has 204 valence electrons. The molecular formula is C28H31Cl2N7O2. The smallest absolute Gasteiger partial charge is 0.151 e. The zero-order chi connectivity index (χ0) is 27.0. The topological polar surface area (TPSA) is 92.3 Å². The molecular weight excluding hydrogens is 537 g/mol. The molecule has 1 aromatic carbocycles. The molecule has 6 rings (SSSR count). The van der Waals surface area contributed by atoms with Crippen molar-refractivity contribution in [2.24, 2.45) is 0 Å². The summed E-state index contributed by atoms with van der Waals surface area (Å²) in [6, 6.07) is 9.68. The lowest BCUT2D eigenvalue weighted by Gasteiger charge is -2.48. The number of ether oxygens (including phenoxy) is 2. The number of anilines is 1. The van der Waals surface area contributed by atoms with Crippen LogP contribution in [0.2, 0.25) is 10.0 Å². The van der Waals surface area contributed by atoms with Gasteiger partial charge in [-0.05, 0) is 70.1 Å². The number of hydrogen-bond donors (Lipinski definition) is 1. The van der Waals surface area contributed by atoms with Gasteiger partial charge in [-0.2, -0.15) is 5.10 Å². The summed E-state index contributed by atoms with van der Waals surface area (Å²) in [5.41, 5.74) is 2.82. The van der Waals surface area contributed by atoms with Crippen LogP contribution < -0.4 is 9.64 Å². The molecule has 2 aliphatic rings. The molecule has 0 bridgehead atoms. The molecule has 5 heterocycles. The Kier molecular flexibility index (Phi) is 7.33. The standard InChI is InChI=1S/C28H31Cl2N7O2/c1-18(26-21(29)14-31-15-22(26)30)39-19-5-6-23-20(13-19)27(35-32-23)24-7-8-25(34-33-24)37-16-28(2,17-37)38-12-11-36-9-3-4-10-36/h5-8,13-15,18H,3-4,9-12,16-17H2,1-2H3,(H,32,35)/t18-/m1/s1. The van der Waals surface area contributed by atoms with Crippen LogP contribution in [0.5, 0.6) is 5.75 Å². The lowest BCUT2D eigenvalue weighted by atomic mass is 9.96. The lowest BCUT2D eigenvalue weighted by molar-refractivity contribution is -0.0564. The zero-order valence-corrected chi connectivity index (χ0v) is 23.5. The van der Waals surface area contributed by atoms with Crippen LogP contribution in [-0.2, 0) is 4.74 Å². The highest BCUT2D eigenvalue weighted by Crippen LogP contribution is 2.35. The van der Waals surface area contributed by atoms with E-state index >= 15 is 0 Å². The van der Waals surface area contributed by atoms with Crippen LogP contribution >= 0.6 is 23.2 Å². The first-order valence-electron chi connectivity index (χ1n) is 13.3. The Hall–Kier alpha value is -2.98. The Bertz CT molecular complexity index is 1430. The summed E-state index contributed by atoms with van der Waals surface area (Å²) in [7, 11) is 0. The number of benzene rings is 1. The molecule has 2 fully saturated rings. The molecule has 0 spiro atoms. The fourth-order valence-electron chi connectivity index (χ4n) is 5.40. The number of rotatable bonds is 9. The SMILES string of the molecule is C[C@@H](Oc1ccc2[nH]nc(-c3ccc(N4CC(C)(OCCN5CCCC5)C4)nn3)c2c1)c1c(Cl)cncc1Cl. The van der Waals surface area contributed by atoms with Crippen molar-refractivity contribution in [1.82, 2.24) is 30.3 Å². The Morgan fingerprint density at radius 3 is 2.54 bits per heavy atom. The minimum atomic E-state index is -0.369. The first kappa shape index (κ1) is 26.3. The Morgan fingerprint density at radius 1 is 1.05 bits per heavy atom. The predicted molar refractivity (Wildman–Crippen MR) is 153 cm³/mol. The van der Waals surface area contributed by atoms with E-state index in [0.29, 0.717) is 32.7 Å². The quantitative estimate of drug-likeness (QED) is 0.281. The van der Waals surface area contributed by atoms with E-state index in [1.54, 1.807) is 12.4 Å². The van der Waals surface area contributed by atoms with Crippen LogP contribution in [0.3, 0.4) is 0 Å². The zero-order valence-electron chi connectivity index (χ0n) is 22.0. The highest BCUT2D eigenvalue weighted by Gasteiger charge is 2.40. The van der Waals surface area contributed by atoms with Crippen LogP contribution in [0.4, 0.5) is 5.82 Å².